The van der Waals surface area contributed by atoms with E-state index in [1.807, 2.05) is 0 Å². The first-order valence-corrected chi connectivity index (χ1v) is 8.29. The maximum atomic E-state index is 13.7. The molecule has 1 aromatic heterocycles. The summed E-state index contributed by atoms with van der Waals surface area (Å²) >= 11 is 0. The Morgan fingerprint density at radius 3 is 2.52 bits per heavy atom. The Morgan fingerprint density at radius 2 is 1.88 bits per heavy atom. The van der Waals surface area contributed by atoms with Gasteiger partial charge in [-0.1, -0.05) is 12.6 Å². The molecule has 0 bridgehead atoms. The molecule has 4 nitrogen and oxygen atoms in total. The van der Waals surface area contributed by atoms with Gasteiger partial charge >= 0.3 is 0 Å². The highest BCUT2D eigenvalue weighted by atomic mass is 19.1. The zero-order valence-electron chi connectivity index (χ0n) is 14.0. The number of rotatable bonds is 5. The Balaban J connectivity index is 1.50. The number of hydrogen-bond donors (Lipinski definition) is 1. The van der Waals surface area contributed by atoms with E-state index >= 15 is 0 Å². The van der Waals surface area contributed by atoms with Gasteiger partial charge in [-0.15, -0.1) is 0 Å². The Kier molecular flexibility index (Phi) is 5.16. The highest BCUT2D eigenvalue weighted by molar-refractivity contribution is 5.41. The first kappa shape index (κ1) is 17.2. The van der Waals surface area contributed by atoms with Gasteiger partial charge in [-0.25, -0.2) is 13.8 Å². The summed E-state index contributed by atoms with van der Waals surface area (Å²) in [6.45, 7) is 7.35. The second-order valence-corrected chi connectivity index (χ2v) is 6.15. The third kappa shape index (κ3) is 4.26. The summed E-state index contributed by atoms with van der Waals surface area (Å²) in [5.74, 6) is -0.0599. The lowest BCUT2D eigenvalue weighted by Gasteiger charge is -2.37. The minimum atomic E-state index is -0.556. The Hall–Kier alpha value is -2.63. The molecule has 0 atom stereocenters. The zero-order chi connectivity index (χ0) is 17.8. The fourth-order valence-corrected chi connectivity index (χ4v) is 2.98. The normalized spacial score (nSPS) is 14.6. The van der Waals surface area contributed by atoms with E-state index in [9.17, 15) is 13.9 Å². The highest BCUT2D eigenvalue weighted by Crippen LogP contribution is 2.20. The average molecular weight is 345 g/mol. The van der Waals surface area contributed by atoms with Gasteiger partial charge in [0.05, 0.1) is 6.20 Å². The van der Waals surface area contributed by atoms with E-state index in [0.717, 1.165) is 43.8 Å². The minimum Gasteiger partial charge on any atom is -0.506 e. The minimum absolute atomic E-state index is 0.156. The van der Waals surface area contributed by atoms with Gasteiger partial charge in [0.1, 0.15) is 23.2 Å². The van der Waals surface area contributed by atoms with Crippen LogP contribution in [0.3, 0.4) is 0 Å². The van der Waals surface area contributed by atoms with Gasteiger partial charge in [-0.2, -0.15) is 0 Å². The van der Waals surface area contributed by atoms with Crippen molar-refractivity contribution in [2.75, 3.05) is 31.1 Å². The van der Waals surface area contributed by atoms with E-state index in [-0.39, 0.29) is 5.75 Å². The first-order chi connectivity index (χ1) is 12.0. The van der Waals surface area contributed by atoms with Crippen molar-refractivity contribution >= 4 is 5.82 Å². The number of allylic oxidation sites excluding steroid dienone is 1. The fourth-order valence-electron chi connectivity index (χ4n) is 2.98. The number of halogens is 2. The van der Waals surface area contributed by atoms with E-state index in [0.29, 0.717) is 18.4 Å². The number of hydrogen-bond acceptors (Lipinski definition) is 4. The molecule has 3 rings (SSSR count). The monoisotopic (exact) mass is 345 g/mol. The van der Waals surface area contributed by atoms with E-state index < -0.39 is 11.6 Å². The van der Waals surface area contributed by atoms with Crippen LogP contribution in [0.25, 0.3) is 0 Å². The van der Waals surface area contributed by atoms with Gasteiger partial charge in [0, 0.05) is 37.9 Å². The van der Waals surface area contributed by atoms with Crippen LogP contribution in [0.5, 0.6) is 5.75 Å². The van der Waals surface area contributed by atoms with Crippen LogP contribution in [0.15, 0.2) is 48.8 Å². The smallest absolute Gasteiger partial charge is 0.134 e. The maximum absolute atomic E-state index is 13.7. The third-order valence-corrected chi connectivity index (χ3v) is 4.48. The van der Waals surface area contributed by atoms with Crippen LogP contribution < -0.4 is 4.90 Å². The first-order valence-electron chi connectivity index (χ1n) is 8.29. The van der Waals surface area contributed by atoms with Crippen LogP contribution in [0.4, 0.5) is 14.6 Å². The van der Waals surface area contributed by atoms with Crippen molar-refractivity contribution in [1.29, 1.82) is 0 Å². The van der Waals surface area contributed by atoms with E-state index in [1.165, 1.54) is 18.3 Å². The Labute approximate surface area is 146 Å². The van der Waals surface area contributed by atoms with Gasteiger partial charge in [-0.3, -0.25) is 0 Å². The van der Waals surface area contributed by atoms with Gasteiger partial charge in [0.25, 0.3) is 0 Å². The second kappa shape index (κ2) is 7.51. The fraction of sp³-hybridized carbons (Fsp3) is 0.316. The molecule has 1 saturated heterocycles. The van der Waals surface area contributed by atoms with E-state index in [4.69, 9.17) is 0 Å². The van der Waals surface area contributed by atoms with Crippen LogP contribution in [-0.2, 0) is 6.42 Å². The summed E-state index contributed by atoms with van der Waals surface area (Å²) in [4.78, 5) is 8.58. The molecule has 0 aliphatic carbocycles. The van der Waals surface area contributed by atoms with Crippen molar-refractivity contribution in [2.45, 2.75) is 12.8 Å². The molecule has 0 amide bonds. The molecule has 2 heterocycles. The molecule has 25 heavy (non-hydrogen) atoms. The number of anilines is 1. The average Bonchev–Trinajstić information content (AvgIpc) is 2.61. The molecule has 1 fully saturated rings. The number of aryl methyl sites for hydroxylation is 1. The summed E-state index contributed by atoms with van der Waals surface area (Å²) in [6.07, 6.45) is 2.59. The van der Waals surface area contributed by atoms with Crippen LogP contribution >= 0.6 is 0 Å². The van der Waals surface area contributed by atoms with Gasteiger partial charge in [0.2, 0.25) is 0 Å². The van der Waals surface area contributed by atoms with Crippen molar-refractivity contribution in [3.63, 3.8) is 0 Å². The molecule has 0 unspecified atom stereocenters. The lowest BCUT2D eigenvalue weighted by molar-refractivity contribution is 0.311. The lowest BCUT2D eigenvalue weighted by Crippen LogP contribution is -2.46. The number of piperazine rings is 1. The Bertz CT molecular complexity index is 741. The molecule has 1 aliphatic rings. The van der Waals surface area contributed by atoms with Crippen molar-refractivity contribution in [3.05, 3.63) is 66.0 Å². The molecule has 1 aliphatic heterocycles. The van der Waals surface area contributed by atoms with Gasteiger partial charge in [0.15, 0.2) is 0 Å². The van der Waals surface area contributed by atoms with Crippen molar-refractivity contribution in [2.24, 2.45) is 0 Å². The zero-order valence-corrected chi connectivity index (χ0v) is 14.0. The number of pyridine rings is 1. The molecule has 0 radical (unpaired) electrons. The van der Waals surface area contributed by atoms with Crippen LogP contribution in [0.1, 0.15) is 12.0 Å². The van der Waals surface area contributed by atoms with Crippen LogP contribution in [-0.4, -0.2) is 41.2 Å². The molecule has 0 saturated carbocycles. The van der Waals surface area contributed by atoms with Gasteiger partial charge in [-0.05, 0) is 36.6 Å². The highest BCUT2D eigenvalue weighted by Gasteiger charge is 2.19. The van der Waals surface area contributed by atoms with E-state index in [1.54, 1.807) is 12.1 Å². The van der Waals surface area contributed by atoms with E-state index in [2.05, 4.69) is 21.4 Å². The number of nitrogens with zero attached hydrogens (tertiary/aromatic N) is 3. The molecule has 0 spiro atoms. The van der Waals surface area contributed by atoms with Crippen molar-refractivity contribution in [3.8, 4) is 5.75 Å². The number of aromatic hydroxyl groups is 1. The summed E-state index contributed by atoms with van der Waals surface area (Å²) in [7, 11) is 0. The molecule has 6 heteroatoms. The number of aromatic nitrogens is 1. The Morgan fingerprint density at radius 1 is 1.12 bits per heavy atom. The molecule has 1 aromatic carbocycles. The summed E-state index contributed by atoms with van der Waals surface area (Å²) in [6, 6.07) is 7.13. The molecule has 2 aromatic rings. The topological polar surface area (TPSA) is 39.6 Å². The molecular weight excluding hydrogens is 324 g/mol. The largest absolute Gasteiger partial charge is 0.506 e. The third-order valence-electron chi connectivity index (χ3n) is 4.48. The molecule has 1 N–H and O–H groups in total. The number of benzene rings is 1. The maximum Gasteiger partial charge on any atom is 0.134 e. The summed E-state index contributed by atoms with van der Waals surface area (Å²) in [5.41, 5.74) is 1.47. The van der Waals surface area contributed by atoms with Crippen LogP contribution in [0, 0.1) is 11.6 Å². The van der Waals surface area contributed by atoms with Crippen molar-refractivity contribution < 1.29 is 13.9 Å². The summed E-state index contributed by atoms with van der Waals surface area (Å²) < 4.78 is 26.6. The predicted octanol–water partition coefficient (Wildman–Crippen LogP) is 3.33. The SMILES string of the molecule is C=C(CCc1ccc(F)cc1F)N1CCN(c2ccc(O)cn2)CC1. The standard InChI is InChI=1S/C19H21F2N3O/c1-14(2-3-15-4-5-16(20)12-18(15)21)23-8-10-24(11-9-23)19-7-6-17(25)13-22-19/h4-7,12-13,25H,1-3,8-11H2. The molecular formula is C19H21F2N3O. The molecule has 132 valence electrons. The second-order valence-electron chi connectivity index (χ2n) is 6.15. The van der Waals surface area contributed by atoms with Crippen LogP contribution in [0.2, 0.25) is 0 Å². The summed E-state index contributed by atoms with van der Waals surface area (Å²) in [5, 5.41) is 9.31. The predicted molar refractivity (Wildman–Crippen MR) is 93.5 cm³/mol. The van der Waals surface area contributed by atoms with Gasteiger partial charge < -0.3 is 14.9 Å². The van der Waals surface area contributed by atoms with Crippen molar-refractivity contribution in [1.82, 2.24) is 9.88 Å². The quantitative estimate of drug-likeness (QED) is 0.902. The lowest BCUT2D eigenvalue weighted by atomic mass is 10.1.